The lowest BCUT2D eigenvalue weighted by molar-refractivity contribution is 1.39. The normalized spacial score (nSPS) is 10.4. The molecule has 0 bridgehead atoms. The quantitative estimate of drug-likeness (QED) is 0.717. The van der Waals surface area contributed by atoms with E-state index >= 15 is 0 Å². The summed E-state index contributed by atoms with van der Waals surface area (Å²) in [4.78, 5) is 14.8. The number of para-hydroxylation sites is 1. The Hall–Kier alpha value is -2.55. The van der Waals surface area contributed by atoms with Gasteiger partial charge in [0, 0.05) is 34.5 Å². The molecule has 0 aliphatic rings. The van der Waals surface area contributed by atoms with E-state index in [4.69, 9.17) is 0 Å². The van der Waals surface area contributed by atoms with Gasteiger partial charge in [0.25, 0.3) is 0 Å². The molecule has 0 saturated carbocycles. The second kappa shape index (κ2) is 4.37. The van der Waals surface area contributed by atoms with Gasteiger partial charge >= 0.3 is 0 Å². The summed E-state index contributed by atoms with van der Waals surface area (Å²) in [6, 6.07) is 17.1. The second-order valence-corrected chi connectivity index (χ2v) is 4.09. The standard InChI is InChI=1S/C15H12N2O/c18-15-8-9-16-14-7-6-12(10-13(14)15)17-11-4-2-1-3-5-11/h1-10,17H,(H,16,18). The van der Waals surface area contributed by atoms with Crippen LogP contribution in [0.2, 0.25) is 0 Å². The van der Waals surface area contributed by atoms with Crippen molar-refractivity contribution in [2.75, 3.05) is 5.32 Å². The minimum absolute atomic E-state index is 0.0282. The summed E-state index contributed by atoms with van der Waals surface area (Å²) < 4.78 is 0. The molecule has 0 atom stereocenters. The number of anilines is 2. The molecule has 0 aliphatic heterocycles. The maximum Gasteiger partial charge on any atom is 0.189 e. The molecule has 0 spiro atoms. The summed E-state index contributed by atoms with van der Waals surface area (Å²) in [5.41, 5.74) is 2.79. The van der Waals surface area contributed by atoms with Gasteiger partial charge in [0.15, 0.2) is 5.43 Å². The number of rotatable bonds is 2. The molecule has 3 nitrogen and oxygen atoms in total. The average molecular weight is 236 g/mol. The fraction of sp³-hybridized carbons (Fsp3) is 0. The number of hydrogen-bond donors (Lipinski definition) is 2. The summed E-state index contributed by atoms with van der Waals surface area (Å²) in [5.74, 6) is 0. The molecule has 3 rings (SSSR count). The second-order valence-electron chi connectivity index (χ2n) is 4.09. The first-order valence-corrected chi connectivity index (χ1v) is 5.76. The molecule has 2 N–H and O–H groups in total. The highest BCUT2D eigenvalue weighted by Gasteiger charge is 2.00. The Morgan fingerprint density at radius 3 is 2.56 bits per heavy atom. The molecule has 3 heteroatoms. The van der Waals surface area contributed by atoms with Crippen LogP contribution in [0.4, 0.5) is 11.4 Å². The zero-order chi connectivity index (χ0) is 12.4. The summed E-state index contributed by atoms with van der Waals surface area (Å²) in [6.45, 7) is 0. The molecular weight excluding hydrogens is 224 g/mol. The molecule has 0 fully saturated rings. The van der Waals surface area contributed by atoms with E-state index in [0.717, 1.165) is 16.9 Å². The van der Waals surface area contributed by atoms with E-state index in [1.807, 2.05) is 48.5 Å². The average Bonchev–Trinajstić information content (AvgIpc) is 2.41. The molecule has 0 aliphatic carbocycles. The van der Waals surface area contributed by atoms with Gasteiger partial charge < -0.3 is 10.3 Å². The van der Waals surface area contributed by atoms with Crippen LogP contribution in [0.25, 0.3) is 10.9 Å². The van der Waals surface area contributed by atoms with Crippen LogP contribution < -0.4 is 10.7 Å². The highest BCUT2D eigenvalue weighted by molar-refractivity contribution is 5.83. The van der Waals surface area contributed by atoms with Gasteiger partial charge in [-0.3, -0.25) is 4.79 Å². The topological polar surface area (TPSA) is 44.9 Å². The number of nitrogens with one attached hydrogen (secondary N) is 2. The van der Waals surface area contributed by atoms with Crippen molar-refractivity contribution in [3.05, 3.63) is 71.0 Å². The van der Waals surface area contributed by atoms with Crippen LogP contribution in [0, 0.1) is 0 Å². The van der Waals surface area contributed by atoms with E-state index in [0.29, 0.717) is 5.39 Å². The molecule has 0 saturated heterocycles. The molecule has 88 valence electrons. The van der Waals surface area contributed by atoms with Gasteiger partial charge in [0.2, 0.25) is 0 Å². The van der Waals surface area contributed by atoms with Crippen molar-refractivity contribution in [1.29, 1.82) is 0 Å². The van der Waals surface area contributed by atoms with E-state index in [9.17, 15) is 4.79 Å². The van der Waals surface area contributed by atoms with Crippen molar-refractivity contribution in [2.24, 2.45) is 0 Å². The van der Waals surface area contributed by atoms with Crippen LogP contribution in [0.1, 0.15) is 0 Å². The van der Waals surface area contributed by atoms with E-state index in [2.05, 4.69) is 10.3 Å². The maximum atomic E-state index is 11.7. The largest absolute Gasteiger partial charge is 0.361 e. The fourth-order valence-corrected chi connectivity index (χ4v) is 1.94. The number of fused-ring (bicyclic) bond motifs is 1. The first kappa shape index (κ1) is 10.6. The number of pyridine rings is 1. The monoisotopic (exact) mass is 236 g/mol. The van der Waals surface area contributed by atoms with Crippen LogP contribution in [-0.2, 0) is 0 Å². The van der Waals surface area contributed by atoms with Gasteiger partial charge in [-0.25, -0.2) is 0 Å². The Kier molecular flexibility index (Phi) is 2.57. The van der Waals surface area contributed by atoms with Gasteiger partial charge in [-0.1, -0.05) is 18.2 Å². The van der Waals surface area contributed by atoms with Crippen LogP contribution in [0.15, 0.2) is 65.6 Å². The SMILES string of the molecule is O=c1cc[nH]c2ccc(Nc3ccccc3)cc12. The lowest BCUT2D eigenvalue weighted by Crippen LogP contribution is -2.00. The van der Waals surface area contributed by atoms with Gasteiger partial charge in [-0.05, 0) is 30.3 Å². The first-order valence-electron chi connectivity index (χ1n) is 5.76. The zero-order valence-corrected chi connectivity index (χ0v) is 9.68. The molecule has 1 heterocycles. The van der Waals surface area contributed by atoms with Gasteiger partial charge in [0.1, 0.15) is 0 Å². The van der Waals surface area contributed by atoms with Crippen molar-refractivity contribution in [1.82, 2.24) is 4.98 Å². The summed E-state index contributed by atoms with van der Waals surface area (Å²) >= 11 is 0. The lowest BCUT2D eigenvalue weighted by Gasteiger charge is -2.07. The van der Waals surface area contributed by atoms with Crippen molar-refractivity contribution < 1.29 is 0 Å². The number of hydrogen-bond acceptors (Lipinski definition) is 2. The third kappa shape index (κ3) is 1.98. The summed E-state index contributed by atoms with van der Waals surface area (Å²) in [5, 5.41) is 3.96. The third-order valence-corrected chi connectivity index (χ3v) is 2.82. The van der Waals surface area contributed by atoms with E-state index < -0.39 is 0 Å². The van der Waals surface area contributed by atoms with Crippen LogP contribution in [0.3, 0.4) is 0 Å². The molecular formula is C15H12N2O. The molecule has 0 radical (unpaired) electrons. The Balaban J connectivity index is 2.04. The van der Waals surface area contributed by atoms with Gasteiger partial charge in [-0.2, -0.15) is 0 Å². The predicted octanol–water partition coefficient (Wildman–Crippen LogP) is 3.27. The van der Waals surface area contributed by atoms with E-state index in [1.54, 1.807) is 6.20 Å². The highest BCUT2D eigenvalue weighted by atomic mass is 16.1. The van der Waals surface area contributed by atoms with Crippen LogP contribution in [-0.4, -0.2) is 4.98 Å². The van der Waals surface area contributed by atoms with Crippen molar-refractivity contribution in [3.63, 3.8) is 0 Å². The van der Waals surface area contributed by atoms with Crippen molar-refractivity contribution in [3.8, 4) is 0 Å². The first-order chi connectivity index (χ1) is 8.83. The van der Waals surface area contributed by atoms with Crippen LogP contribution >= 0.6 is 0 Å². The maximum absolute atomic E-state index is 11.7. The van der Waals surface area contributed by atoms with Gasteiger partial charge in [0.05, 0.1) is 0 Å². The third-order valence-electron chi connectivity index (χ3n) is 2.82. The molecule has 18 heavy (non-hydrogen) atoms. The predicted molar refractivity (Wildman–Crippen MR) is 74.3 cm³/mol. The molecule has 3 aromatic rings. The van der Waals surface area contributed by atoms with E-state index in [1.165, 1.54) is 6.07 Å². The highest BCUT2D eigenvalue weighted by Crippen LogP contribution is 2.19. The number of H-pyrrole nitrogens is 1. The number of aromatic nitrogens is 1. The minimum Gasteiger partial charge on any atom is -0.361 e. The Labute approximate surface area is 104 Å². The Bertz CT molecular complexity index is 732. The smallest absolute Gasteiger partial charge is 0.189 e. The molecule has 2 aromatic carbocycles. The summed E-state index contributed by atoms with van der Waals surface area (Å²) in [6.07, 6.45) is 1.66. The zero-order valence-electron chi connectivity index (χ0n) is 9.68. The minimum atomic E-state index is 0.0282. The van der Waals surface area contributed by atoms with E-state index in [-0.39, 0.29) is 5.43 Å². The lowest BCUT2D eigenvalue weighted by atomic mass is 10.2. The summed E-state index contributed by atoms with van der Waals surface area (Å²) in [7, 11) is 0. The molecule has 1 aromatic heterocycles. The fourth-order valence-electron chi connectivity index (χ4n) is 1.94. The Morgan fingerprint density at radius 2 is 1.72 bits per heavy atom. The van der Waals surface area contributed by atoms with Crippen LogP contribution in [0.5, 0.6) is 0 Å². The Morgan fingerprint density at radius 1 is 0.889 bits per heavy atom. The molecule has 0 unspecified atom stereocenters. The van der Waals surface area contributed by atoms with Gasteiger partial charge in [-0.15, -0.1) is 0 Å². The van der Waals surface area contributed by atoms with Crippen molar-refractivity contribution in [2.45, 2.75) is 0 Å². The number of aromatic amines is 1. The number of benzene rings is 2. The van der Waals surface area contributed by atoms with Crippen molar-refractivity contribution >= 4 is 22.3 Å². The molecule has 0 amide bonds.